The fourth-order valence-corrected chi connectivity index (χ4v) is 2.13. The summed E-state index contributed by atoms with van der Waals surface area (Å²) in [5.74, 6) is 0.105. The van der Waals surface area contributed by atoms with Crippen molar-refractivity contribution in [1.29, 1.82) is 0 Å². The number of halogens is 3. The smallest absolute Gasteiger partial charge is 0.360 e. The molecule has 0 aliphatic rings. The van der Waals surface area contributed by atoms with E-state index in [1.54, 1.807) is 6.07 Å². The molecule has 0 spiro atoms. The van der Waals surface area contributed by atoms with Crippen molar-refractivity contribution in [3.8, 4) is 0 Å². The van der Waals surface area contributed by atoms with Gasteiger partial charge in [0.1, 0.15) is 17.8 Å². The molecule has 1 N–H and O–H groups in total. The summed E-state index contributed by atoms with van der Waals surface area (Å²) in [5.41, 5.74) is -0.363. The van der Waals surface area contributed by atoms with Crippen LogP contribution >= 0.6 is 0 Å². The molecule has 8 heteroatoms. The molecule has 0 saturated carbocycles. The topological polar surface area (TPSA) is 58.1 Å². The standard InChI is InChI=1S/C17H19F3N4O/c1-3-4-9-24(2)15-10-14(21-11-22-15)16(25)23-13-7-5-12(6-8-13)17(18,19)20/h5-8,10-11H,3-4,9H2,1-2H3,(H,23,25). The van der Waals surface area contributed by atoms with Crippen molar-refractivity contribution in [2.45, 2.75) is 25.9 Å². The number of nitrogens with one attached hydrogen (secondary N) is 1. The largest absolute Gasteiger partial charge is 0.416 e. The van der Waals surface area contributed by atoms with E-state index in [2.05, 4.69) is 22.2 Å². The molecule has 0 saturated heterocycles. The minimum Gasteiger partial charge on any atom is -0.360 e. The highest BCUT2D eigenvalue weighted by molar-refractivity contribution is 6.03. The molecule has 134 valence electrons. The van der Waals surface area contributed by atoms with Gasteiger partial charge in [-0.15, -0.1) is 0 Å². The highest BCUT2D eigenvalue weighted by atomic mass is 19.4. The number of unbranched alkanes of at least 4 members (excludes halogenated alkanes) is 1. The summed E-state index contributed by atoms with van der Waals surface area (Å²) in [6.07, 6.45) is -1.09. The van der Waals surface area contributed by atoms with Crippen molar-refractivity contribution in [3.63, 3.8) is 0 Å². The average Bonchev–Trinajstić information content (AvgIpc) is 2.59. The zero-order valence-corrected chi connectivity index (χ0v) is 14.0. The van der Waals surface area contributed by atoms with Crippen LogP contribution < -0.4 is 10.2 Å². The van der Waals surface area contributed by atoms with Gasteiger partial charge < -0.3 is 10.2 Å². The third-order valence-electron chi connectivity index (χ3n) is 3.59. The number of carbonyl (C=O) groups excluding carboxylic acids is 1. The van der Waals surface area contributed by atoms with Gasteiger partial charge >= 0.3 is 6.18 Å². The third kappa shape index (κ3) is 5.17. The van der Waals surface area contributed by atoms with Gasteiger partial charge in [-0.2, -0.15) is 13.2 Å². The van der Waals surface area contributed by atoms with Gasteiger partial charge in [0.2, 0.25) is 0 Å². The van der Waals surface area contributed by atoms with E-state index in [0.717, 1.165) is 31.5 Å². The summed E-state index contributed by atoms with van der Waals surface area (Å²) in [4.78, 5) is 22.2. The molecular weight excluding hydrogens is 333 g/mol. The van der Waals surface area contributed by atoms with Crippen LogP contribution in [0, 0.1) is 0 Å². The lowest BCUT2D eigenvalue weighted by Gasteiger charge is -2.17. The van der Waals surface area contributed by atoms with Crippen LogP contribution in [0.25, 0.3) is 0 Å². The molecule has 0 aliphatic heterocycles. The minimum atomic E-state index is -4.41. The molecule has 0 unspecified atom stereocenters. The van der Waals surface area contributed by atoms with E-state index in [9.17, 15) is 18.0 Å². The Morgan fingerprint density at radius 3 is 2.48 bits per heavy atom. The predicted octanol–water partition coefficient (Wildman–Crippen LogP) is 3.98. The monoisotopic (exact) mass is 352 g/mol. The lowest BCUT2D eigenvalue weighted by Crippen LogP contribution is -2.21. The van der Waals surface area contributed by atoms with Gasteiger partial charge in [-0.25, -0.2) is 9.97 Å². The van der Waals surface area contributed by atoms with E-state index in [-0.39, 0.29) is 11.4 Å². The number of carbonyl (C=O) groups is 1. The highest BCUT2D eigenvalue weighted by Gasteiger charge is 2.30. The van der Waals surface area contributed by atoms with Crippen LogP contribution in [0.5, 0.6) is 0 Å². The van der Waals surface area contributed by atoms with Crippen molar-refractivity contribution >= 4 is 17.4 Å². The SMILES string of the molecule is CCCCN(C)c1cc(C(=O)Nc2ccc(C(F)(F)F)cc2)ncn1. The molecule has 2 rings (SSSR count). The average molecular weight is 352 g/mol. The number of amides is 1. The molecule has 0 radical (unpaired) electrons. The van der Waals surface area contributed by atoms with Gasteiger partial charge in [0.25, 0.3) is 5.91 Å². The van der Waals surface area contributed by atoms with Crippen molar-refractivity contribution in [2.24, 2.45) is 0 Å². The normalized spacial score (nSPS) is 11.2. The molecule has 1 aromatic carbocycles. The van der Waals surface area contributed by atoms with Gasteiger partial charge in [-0.05, 0) is 30.7 Å². The Morgan fingerprint density at radius 1 is 1.20 bits per heavy atom. The molecule has 0 bridgehead atoms. The maximum Gasteiger partial charge on any atom is 0.416 e. The quantitative estimate of drug-likeness (QED) is 0.854. The fourth-order valence-electron chi connectivity index (χ4n) is 2.13. The Balaban J connectivity index is 2.08. The Morgan fingerprint density at radius 2 is 1.88 bits per heavy atom. The van der Waals surface area contributed by atoms with Crippen molar-refractivity contribution in [3.05, 3.63) is 47.9 Å². The Labute approximate surface area is 143 Å². The Bertz CT molecular complexity index is 717. The van der Waals surface area contributed by atoms with Gasteiger partial charge in [0.15, 0.2) is 0 Å². The minimum absolute atomic E-state index is 0.147. The third-order valence-corrected chi connectivity index (χ3v) is 3.59. The molecule has 5 nitrogen and oxygen atoms in total. The summed E-state index contributed by atoms with van der Waals surface area (Å²) in [6, 6.07) is 5.79. The second-order valence-corrected chi connectivity index (χ2v) is 5.57. The maximum atomic E-state index is 12.5. The molecular formula is C17H19F3N4O. The number of benzene rings is 1. The number of hydrogen-bond donors (Lipinski definition) is 1. The van der Waals surface area contributed by atoms with Gasteiger partial charge in [0, 0.05) is 25.3 Å². The zero-order chi connectivity index (χ0) is 18.4. The second-order valence-electron chi connectivity index (χ2n) is 5.57. The lowest BCUT2D eigenvalue weighted by atomic mass is 10.2. The number of anilines is 2. The number of alkyl halides is 3. The molecule has 2 aromatic rings. The van der Waals surface area contributed by atoms with E-state index in [4.69, 9.17) is 0 Å². The molecule has 0 atom stereocenters. The first-order chi connectivity index (χ1) is 11.8. The van der Waals surface area contributed by atoms with E-state index >= 15 is 0 Å². The van der Waals surface area contributed by atoms with Crippen LogP contribution in [0.4, 0.5) is 24.7 Å². The van der Waals surface area contributed by atoms with Crippen LogP contribution in [0.1, 0.15) is 35.8 Å². The first-order valence-electron chi connectivity index (χ1n) is 7.83. The van der Waals surface area contributed by atoms with E-state index < -0.39 is 17.6 Å². The van der Waals surface area contributed by atoms with E-state index in [1.165, 1.54) is 18.5 Å². The lowest BCUT2D eigenvalue weighted by molar-refractivity contribution is -0.137. The summed E-state index contributed by atoms with van der Waals surface area (Å²) in [5, 5.41) is 2.53. The van der Waals surface area contributed by atoms with Gasteiger partial charge in [-0.1, -0.05) is 13.3 Å². The van der Waals surface area contributed by atoms with Crippen molar-refractivity contribution in [2.75, 3.05) is 23.8 Å². The molecule has 0 fully saturated rings. The summed E-state index contributed by atoms with van der Waals surface area (Å²) >= 11 is 0. The van der Waals surface area contributed by atoms with Crippen molar-refractivity contribution in [1.82, 2.24) is 9.97 Å². The molecule has 25 heavy (non-hydrogen) atoms. The molecule has 1 amide bonds. The maximum absolute atomic E-state index is 12.5. The Kier molecular flexibility index (Phi) is 5.95. The van der Waals surface area contributed by atoms with Crippen LogP contribution in [0.3, 0.4) is 0 Å². The van der Waals surface area contributed by atoms with E-state index in [1.807, 2.05) is 11.9 Å². The first-order valence-corrected chi connectivity index (χ1v) is 7.83. The number of aromatic nitrogens is 2. The number of hydrogen-bond acceptors (Lipinski definition) is 4. The van der Waals surface area contributed by atoms with Crippen molar-refractivity contribution < 1.29 is 18.0 Å². The summed E-state index contributed by atoms with van der Waals surface area (Å²) in [6.45, 7) is 2.88. The molecule has 1 aromatic heterocycles. The zero-order valence-electron chi connectivity index (χ0n) is 14.0. The predicted molar refractivity (Wildman–Crippen MR) is 89.6 cm³/mol. The van der Waals surface area contributed by atoms with E-state index in [0.29, 0.717) is 5.82 Å². The fraction of sp³-hybridized carbons (Fsp3) is 0.353. The van der Waals surface area contributed by atoms with Crippen LogP contribution in [-0.4, -0.2) is 29.5 Å². The van der Waals surface area contributed by atoms with Crippen LogP contribution in [-0.2, 0) is 6.18 Å². The second kappa shape index (κ2) is 7.96. The first kappa shape index (κ1) is 18.7. The Hall–Kier alpha value is -2.64. The highest BCUT2D eigenvalue weighted by Crippen LogP contribution is 2.29. The summed E-state index contributed by atoms with van der Waals surface area (Å²) < 4.78 is 37.6. The van der Waals surface area contributed by atoms with Crippen LogP contribution in [0.2, 0.25) is 0 Å². The molecule has 1 heterocycles. The number of rotatable bonds is 6. The molecule has 0 aliphatic carbocycles. The summed E-state index contributed by atoms with van der Waals surface area (Å²) in [7, 11) is 1.87. The van der Waals surface area contributed by atoms with Gasteiger partial charge in [-0.3, -0.25) is 4.79 Å². The van der Waals surface area contributed by atoms with Gasteiger partial charge in [0.05, 0.1) is 5.56 Å². The van der Waals surface area contributed by atoms with Crippen LogP contribution in [0.15, 0.2) is 36.7 Å². The number of nitrogens with zero attached hydrogens (tertiary/aromatic N) is 3.